The van der Waals surface area contributed by atoms with Gasteiger partial charge in [0.15, 0.2) is 0 Å². The number of sulfonamides is 1. The van der Waals surface area contributed by atoms with Crippen molar-refractivity contribution in [1.29, 1.82) is 0 Å². The topological polar surface area (TPSA) is 98.5 Å². The highest BCUT2D eigenvalue weighted by Crippen LogP contribution is 2.23. The largest absolute Gasteiger partial charge is 0.492 e. The lowest BCUT2D eigenvalue weighted by atomic mass is 10.3. The predicted molar refractivity (Wildman–Crippen MR) is 66.6 cm³/mol. The Labute approximate surface area is 110 Å². The quantitative estimate of drug-likeness (QED) is 0.791. The van der Waals surface area contributed by atoms with Gasteiger partial charge in [-0.3, -0.25) is 4.79 Å². The van der Waals surface area contributed by atoms with E-state index in [2.05, 4.69) is 5.32 Å². The van der Waals surface area contributed by atoms with E-state index in [-0.39, 0.29) is 24.7 Å². The van der Waals surface area contributed by atoms with E-state index in [1.54, 1.807) is 6.92 Å². The Morgan fingerprint density at radius 1 is 1.47 bits per heavy atom. The number of hydrogen-bond donors (Lipinski definition) is 2. The molecule has 1 aromatic carbocycles. The molecular weight excluding hydrogens is 275 g/mol. The number of amides is 1. The molecule has 1 amide bonds. The molecule has 0 saturated carbocycles. The molecule has 0 spiro atoms. The van der Waals surface area contributed by atoms with Crippen LogP contribution < -0.4 is 15.2 Å². The summed E-state index contributed by atoms with van der Waals surface area (Å²) in [5.74, 6) is -1.03. The normalized spacial score (nSPS) is 11.1. The molecule has 0 aromatic heterocycles. The van der Waals surface area contributed by atoms with Crippen LogP contribution in [0, 0.1) is 5.82 Å². The maximum absolute atomic E-state index is 13.0. The fourth-order valence-electron chi connectivity index (χ4n) is 1.36. The van der Waals surface area contributed by atoms with Crippen LogP contribution in [0.5, 0.6) is 5.75 Å². The van der Waals surface area contributed by atoms with Crippen LogP contribution in [0.15, 0.2) is 23.1 Å². The van der Waals surface area contributed by atoms with Gasteiger partial charge in [0.25, 0.3) is 0 Å². The Bertz CT molecular complexity index is 560. The van der Waals surface area contributed by atoms with Gasteiger partial charge in [0.1, 0.15) is 16.5 Å². The summed E-state index contributed by atoms with van der Waals surface area (Å²) < 4.78 is 40.7. The summed E-state index contributed by atoms with van der Waals surface area (Å²) >= 11 is 0. The van der Waals surface area contributed by atoms with Crippen molar-refractivity contribution in [2.24, 2.45) is 5.14 Å². The van der Waals surface area contributed by atoms with Gasteiger partial charge in [0, 0.05) is 6.54 Å². The van der Waals surface area contributed by atoms with E-state index in [4.69, 9.17) is 9.88 Å². The monoisotopic (exact) mass is 290 g/mol. The van der Waals surface area contributed by atoms with Crippen LogP contribution in [0.2, 0.25) is 0 Å². The van der Waals surface area contributed by atoms with Crippen molar-refractivity contribution < 1.29 is 22.3 Å². The summed E-state index contributed by atoms with van der Waals surface area (Å²) in [4.78, 5) is 10.7. The number of ether oxygens (including phenoxy) is 1. The minimum absolute atomic E-state index is 0.0278. The molecule has 0 saturated heterocycles. The molecular formula is C11H15FN2O4S. The molecule has 0 aliphatic carbocycles. The van der Waals surface area contributed by atoms with Gasteiger partial charge in [-0.25, -0.2) is 17.9 Å². The van der Waals surface area contributed by atoms with Gasteiger partial charge in [0.2, 0.25) is 15.9 Å². The molecule has 0 heterocycles. The van der Waals surface area contributed by atoms with Crippen molar-refractivity contribution in [2.45, 2.75) is 18.2 Å². The van der Waals surface area contributed by atoms with Crippen molar-refractivity contribution in [2.75, 3.05) is 13.2 Å². The van der Waals surface area contributed by atoms with Crippen LogP contribution in [0.1, 0.15) is 13.3 Å². The maximum atomic E-state index is 13.0. The van der Waals surface area contributed by atoms with Crippen molar-refractivity contribution in [3.05, 3.63) is 24.0 Å². The number of nitrogens with two attached hydrogens (primary N) is 1. The molecule has 0 aliphatic rings. The Morgan fingerprint density at radius 2 is 2.16 bits per heavy atom. The number of nitrogens with one attached hydrogen (secondary N) is 1. The molecule has 3 N–H and O–H groups in total. The highest BCUT2D eigenvalue weighted by Gasteiger charge is 2.16. The minimum Gasteiger partial charge on any atom is -0.492 e. The average Bonchev–Trinajstić information content (AvgIpc) is 2.30. The number of carbonyl (C=O) groups excluding carboxylic acids is 1. The van der Waals surface area contributed by atoms with E-state index >= 15 is 0 Å². The summed E-state index contributed by atoms with van der Waals surface area (Å²) in [6, 6.07) is 2.99. The Kier molecular flexibility index (Phi) is 5.25. The molecule has 0 bridgehead atoms. The number of halogens is 1. The van der Waals surface area contributed by atoms with Crippen LogP contribution in [-0.2, 0) is 14.8 Å². The molecule has 6 nitrogen and oxygen atoms in total. The van der Waals surface area contributed by atoms with Crippen molar-refractivity contribution >= 4 is 15.9 Å². The first-order valence-corrected chi connectivity index (χ1v) is 7.11. The third kappa shape index (κ3) is 4.84. The summed E-state index contributed by atoms with van der Waals surface area (Å²) in [6.07, 6.45) is 0.0648. The Balaban J connectivity index is 2.76. The summed E-state index contributed by atoms with van der Waals surface area (Å²) in [5, 5.41) is 7.52. The van der Waals surface area contributed by atoms with Crippen LogP contribution in [0.4, 0.5) is 4.39 Å². The molecule has 8 heteroatoms. The third-order valence-corrected chi connectivity index (χ3v) is 3.11. The van der Waals surface area contributed by atoms with Gasteiger partial charge in [0.05, 0.1) is 13.0 Å². The molecule has 0 atom stereocenters. The van der Waals surface area contributed by atoms with Crippen LogP contribution in [0.25, 0.3) is 0 Å². The van der Waals surface area contributed by atoms with Gasteiger partial charge in [-0.15, -0.1) is 0 Å². The second-order valence-corrected chi connectivity index (χ2v) is 5.22. The van der Waals surface area contributed by atoms with Gasteiger partial charge in [-0.05, 0) is 25.1 Å². The van der Waals surface area contributed by atoms with E-state index in [0.29, 0.717) is 6.54 Å². The van der Waals surface area contributed by atoms with Crippen LogP contribution >= 0.6 is 0 Å². The molecule has 0 fully saturated rings. The molecule has 0 aliphatic heterocycles. The molecule has 1 aromatic rings. The van der Waals surface area contributed by atoms with Gasteiger partial charge in [-0.1, -0.05) is 0 Å². The summed E-state index contributed by atoms with van der Waals surface area (Å²) in [5.41, 5.74) is 0. The Morgan fingerprint density at radius 3 is 2.74 bits per heavy atom. The zero-order valence-electron chi connectivity index (χ0n) is 10.3. The average molecular weight is 290 g/mol. The van der Waals surface area contributed by atoms with E-state index in [9.17, 15) is 17.6 Å². The highest BCUT2D eigenvalue weighted by molar-refractivity contribution is 7.89. The highest BCUT2D eigenvalue weighted by atomic mass is 32.2. The van der Waals surface area contributed by atoms with Gasteiger partial charge in [-0.2, -0.15) is 0 Å². The first-order chi connectivity index (χ1) is 8.84. The zero-order valence-corrected chi connectivity index (χ0v) is 11.2. The van der Waals surface area contributed by atoms with E-state index < -0.39 is 20.7 Å². The first-order valence-electron chi connectivity index (χ1n) is 5.56. The molecule has 1 rings (SSSR count). The van der Waals surface area contributed by atoms with E-state index in [1.807, 2.05) is 0 Å². The number of benzene rings is 1. The van der Waals surface area contributed by atoms with Crippen LogP contribution in [-0.4, -0.2) is 27.5 Å². The number of primary sulfonamides is 1. The summed E-state index contributed by atoms with van der Waals surface area (Å²) in [7, 11) is -4.08. The van der Waals surface area contributed by atoms with Crippen molar-refractivity contribution in [1.82, 2.24) is 5.32 Å². The Hall–Kier alpha value is -1.67. The fraction of sp³-hybridized carbons (Fsp3) is 0.364. The van der Waals surface area contributed by atoms with Gasteiger partial charge < -0.3 is 10.1 Å². The molecule has 0 radical (unpaired) electrons. The van der Waals surface area contributed by atoms with Gasteiger partial charge >= 0.3 is 0 Å². The standard InChI is InChI=1S/C11H15FN2O4S/c1-2-14-11(15)5-6-18-9-4-3-8(12)7-10(9)19(13,16)17/h3-4,7H,2,5-6H2,1H3,(H,14,15)(H2,13,16,17). The molecule has 106 valence electrons. The third-order valence-electron chi connectivity index (χ3n) is 2.17. The SMILES string of the molecule is CCNC(=O)CCOc1ccc(F)cc1S(N)(=O)=O. The lowest BCUT2D eigenvalue weighted by molar-refractivity contribution is -0.121. The van der Waals surface area contributed by atoms with Crippen molar-refractivity contribution in [3.63, 3.8) is 0 Å². The number of rotatable bonds is 6. The second kappa shape index (κ2) is 6.48. The predicted octanol–water partition coefficient (Wildman–Crippen LogP) is 0.378. The first kappa shape index (κ1) is 15.4. The fourth-order valence-corrected chi connectivity index (χ4v) is 2.05. The smallest absolute Gasteiger partial charge is 0.241 e. The van der Waals surface area contributed by atoms with Crippen LogP contribution in [0.3, 0.4) is 0 Å². The van der Waals surface area contributed by atoms with E-state index in [1.165, 1.54) is 0 Å². The minimum atomic E-state index is -4.08. The molecule has 0 unspecified atom stereocenters. The lowest BCUT2D eigenvalue weighted by Crippen LogP contribution is -2.24. The molecule has 19 heavy (non-hydrogen) atoms. The number of carbonyl (C=O) groups is 1. The number of hydrogen-bond acceptors (Lipinski definition) is 4. The van der Waals surface area contributed by atoms with Crippen molar-refractivity contribution in [3.8, 4) is 5.75 Å². The second-order valence-electron chi connectivity index (χ2n) is 3.69. The lowest BCUT2D eigenvalue weighted by Gasteiger charge is -2.10. The zero-order chi connectivity index (χ0) is 14.5. The summed E-state index contributed by atoms with van der Waals surface area (Å²) in [6.45, 7) is 2.25. The maximum Gasteiger partial charge on any atom is 0.241 e. The van der Waals surface area contributed by atoms with E-state index in [0.717, 1.165) is 18.2 Å².